The molecule has 0 spiro atoms. The quantitative estimate of drug-likeness (QED) is 0.670. The average Bonchev–Trinajstić information content (AvgIpc) is 2.69. The maximum atomic E-state index is 5.97. The van der Waals surface area contributed by atoms with Gasteiger partial charge in [0.15, 0.2) is 4.34 Å². The third-order valence-electron chi connectivity index (χ3n) is 2.08. The number of benzene rings is 1. The molecule has 0 aliphatic carbocycles. The van der Waals surface area contributed by atoms with E-state index in [1.54, 1.807) is 11.8 Å². The number of nitrogen functional groups attached to an aromatic ring is 1. The van der Waals surface area contributed by atoms with Gasteiger partial charge in [-0.2, -0.15) is 0 Å². The first kappa shape index (κ1) is 12.5. The molecule has 0 saturated carbocycles. The van der Waals surface area contributed by atoms with Gasteiger partial charge in [-0.3, -0.25) is 0 Å². The highest BCUT2D eigenvalue weighted by Crippen LogP contribution is 2.35. The topological polar surface area (TPSA) is 38.9 Å². The number of hydrogen-bond acceptors (Lipinski definition) is 4. The molecule has 1 aromatic carbocycles. The van der Waals surface area contributed by atoms with Gasteiger partial charge >= 0.3 is 0 Å². The molecule has 88 valence electrons. The molecule has 0 fully saturated rings. The lowest BCUT2D eigenvalue weighted by Gasteiger charge is -1.97. The summed E-state index contributed by atoms with van der Waals surface area (Å²) in [6, 6.07) is 7.53. The van der Waals surface area contributed by atoms with E-state index in [1.807, 2.05) is 30.3 Å². The first-order valence-electron chi connectivity index (χ1n) is 4.96. The Hall–Kier alpha value is -0.970. The van der Waals surface area contributed by atoms with Crippen molar-refractivity contribution in [2.75, 3.05) is 11.5 Å². The molecular weight excluding hydrogens is 272 g/mol. The first-order chi connectivity index (χ1) is 8.20. The highest BCUT2D eigenvalue weighted by Gasteiger charge is 2.10. The fourth-order valence-corrected chi connectivity index (χ4v) is 3.15. The molecule has 2 aromatic rings. The van der Waals surface area contributed by atoms with Gasteiger partial charge in [0.2, 0.25) is 0 Å². The Morgan fingerprint density at radius 2 is 2.12 bits per heavy atom. The highest BCUT2D eigenvalue weighted by atomic mass is 35.5. The van der Waals surface area contributed by atoms with E-state index in [1.165, 1.54) is 11.3 Å². The molecule has 2 N–H and O–H groups in total. The van der Waals surface area contributed by atoms with E-state index in [9.17, 15) is 0 Å². The van der Waals surface area contributed by atoms with E-state index >= 15 is 0 Å². The zero-order valence-electron chi connectivity index (χ0n) is 9.02. The van der Waals surface area contributed by atoms with Gasteiger partial charge in [-0.15, -0.1) is 6.58 Å². The van der Waals surface area contributed by atoms with E-state index in [0.29, 0.717) is 5.02 Å². The molecular formula is C12H11ClN2S2. The largest absolute Gasteiger partial charge is 0.389 e. The molecule has 2 rings (SSSR count). The molecule has 0 radical (unpaired) electrons. The second-order valence-electron chi connectivity index (χ2n) is 3.30. The number of aromatic nitrogens is 1. The van der Waals surface area contributed by atoms with Crippen molar-refractivity contribution < 1.29 is 0 Å². The lowest BCUT2D eigenvalue weighted by Crippen LogP contribution is -1.85. The van der Waals surface area contributed by atoms with Crippen LogP contribution in [0.1, 0.15) is 0 Å². The maximum absolute atomic E-state index is 5.97. The molecule has 17 heavy (non-hydrogen) atoms. The molecule has 0 atom stereocenters. The van der Waals surface area contributed by atoms with Crippen LogP contribution >= 0.6 is 34.7 Å². The Kier molecular flexibility index (Phi) is 4.10. The molecule has 2 nitrogen and oxygen atoms in total. The zero-order valence-corrected chi connectivity index (χ0v) is 11.4. The van der Waals surface area contributed by atoms with Crippen LogP contribution in [0.4, 0.5) is 5.00 Å². The predicted molar refractivity (Wildman–Crippen MR) is 77.9 cm³/mol. The number of thiazole rings is 1. The third kappa shape index (κ3) is 3.03. The maximum Gasteiger partial charge on any atom is 0.152 e. The molecule has 5 heteroatoms. The van der Waals surface area contributed by atoms with Crippen LogP contribution in [0.2, 0.25) is 5.02 Å². The summed E-state index contributed by atoms with van der Waals surface area (Å²) in [4.78, 5) is 4.51. The van der Waals surface area contributed by atoms with Gasteiger partial charge < -0.3 is 5.73 Å². The number of anilines is 1. The standard InChI is InChI=1S/C12H11ClN2S2/c1-2-7-16-12-15-10(11(14)17-12)8-3-5-9(13)6-4-8/h2-6H,1,7,14H2. The van der Waals surface area contributed by atoms with Crippen molar-refractivity contribution in [1.29, 1.82) is 0 Å². The van der Waals surface area contributed by atoms with Crippen LogP contribution in [0.3, 0.4) is 0 Å². The van der Waals surface area contributed by atoms with Gasteiger partial charge in [-0.1, -0.05) is 52.9 Å². The number of hydrogen-bond donors (Lipinski definition) is 1. The number of nitrogens with two attached hydrogens (primary N) is 1. The van der Waals surface area contributed by atoms with Crippen molar-refractivity contribution in [3.63, 3.8) is 0 Å². The summed E-state index contributed by atoms with van der Waals surface area (Å²) >= 11 is 8.99. The minimum atomic E-state index is 0.712. The van der Waals surface area contributed by atoms with Crippen LogP contribution in [0.15, 0.2) is 41.3 Å². The van der Waals surface area contributed by atoms with E-state index in [-0.39, 0.29) is 0 Å². The Labute approximate surface area is 114 Å². The van der Waals surface area contributed by atoms with E-state index in [2.05, 4.69) is 11.6 Å². The summed E-state index contributed by atoms with van der Waals surface area (Å²) in [5.74, 6) is 0.840. The number of halogens is 1. The molecule has 0 unspecified atom stereocenters. The molecule has 0 amide bonds. The normalized spacial score (nSPS) is 10.4. The third-order valence-corrected chi connectivity index (χ3v) is 4.35. The van der Waals surface area contributed by atoms with Crippen LogP contribution < -0.4 is 5.73 Å². The van der Waals surface area contributed by atoms with Crippen molar-refractivity contribution in [3.8, 4) is 11.3 Å². The first-order valence-corrected chi connectivity index (χ1v) is 7.14. The fraction of sp³-hybridized carbons (Fsp3) is 0.0833. The monoisotopic (exact) mass is 282 g/mol. The van der Waals surface area contributed by atoms with Crippen molar-refractivity contribution in [3.05, 3.63) is 41.9 Å². The highest BCUT2D eigenvalue weighted by molar-refractivity contribution is 8.01. The molecule has 0 aliphatic heterocycles. The Morgan fingerprint density at radius 1 is 1.41 bits per heavy atom. The van der Waals surface area contributed by atoms with E-state index in [4.69, 9.17) is 17.3 Å². The van der Waals surface area contributed by atoms with Crippen LogP contribution in [-0.4, -0.2) is 10.7 Å². The van der Waals surface area contributed by atoms with Gasteiger partial charge in [0, 0.05) is 16.3 Å². The summed E-state index contributed by atoms with van der Waals surface area (Å²) in [5.41, 5.74) is 7.79. The van der Waals surface area contributed by atoms with Gasteiger partial charge in [0.05, 0.1) is 0 Å². The summed E-state index contributed by atoms with van der Waals surface area (Å²) in [6.07, 6.45) is 1.85. The van der Waals surface area contributed by atoms with Crippen molar-refractivity contribution in [1.82, 2.24) is 4.98 Å². The minimum absolute atomic E-state index is 0.712. The Bertz CT molecular complexity index is 520. The van der Waals surface area contributed by atoms with Gasteiger partial charge in [-0.05, 0) is 12.1 Å². The van der Waals surface area contributed by atoms with Gasteiger partial charge in [0.1, 0.15) is 10.7 Å². The van der Waals surface area contributed by atoms with Crippen LogP contribution in [0.25, 0.3) is 11.3 Å². The molecule has 0 aliphatic rings. The molecule has 0 bridgehead atoms. The zero-order chi connectivity index (χ0) is 12.3. The molecule has 1 heterocycles. The average molecular weight is 283 g/mol. The second kappa shape index (κ2) is 5.58. The Morgan fingerprint density at radius 3 is 2.76 bits per heavy atom. The second-order valence-corrected chi connectivity index (χ2v) is 6.03. The number of nitrogens with zero attached hydrogens (tertiary/aromatic N) is 1. The van der Waals surface area contributed by atoms with Crippen LogP contribution in [0, 0.1) is 0 Å². The smallest absolute Gasteiger partial charge is 0.152 e. The van der Waals surface area contributed by atoms with E-state index in [0.717, 1.165) is 26.4 Å². The SMILES string of the molecule is C=CCSc1nc(-c2ccc(Cl)cc2)c(N)s1. The summed E-state index contributed by atoms with van der Waals surface area (Å²) in [5, 5.41) is 1.45. The van der Waals surface area contributed by atoms with Crippen LogP contribution in [0.5, 0.6) is 0 Å². The molecule has 0 saturated heterocycles. The summed E-state index contributed by atoms with van der Waals surface area (Å²) < 4.78 is 0.965. The number of thioether (sulfide) groups is 1. The lowest BCUT2D eigenvalue weighted by molar-refractivity contribution is 1.26. The van der Waals surface area contributed by atoms with Gasteiger partial charge in [0.25, 0.3) is 0 Å². The predicted octanol–water partition coefficient (Wildman–Crippen LogP) is 4.32. The van der Waals surface area contributed by atoms with E-state index < -0.39 is 0 Å². The summed E-state index contributed by atoms with van der Waals surface area (Å²) in [7, 11) is 0. The van der Waals surface area contributed by atoms with Crippen LogP contribution in [-0.2, 0) is 0 Å². The molecule has 1 aromatic heterocycles. The van der Waals surface area contributed by atoms with Crippen molar-refractivity contribution in [2.24, 2.45) is 0 Å². The minimum Gasteiger partial charge on any atom is -0.389 e. The van der Waals surface area contributed by atoms with Crippen molar-refractivity contribution >= 4 is 39.7 Å². The van der Waals surface area contributed by atoms with Crippen molar-refractivity contribution in [2.45, 2.75) is 4.34 Å². The number of rotatable bonds is 4. The summed E-state index contributed by atoms with van der Waals surface area (Å²) in [6.45, 7) is 3.68. The lowest BCUT2D eigenvalue weighted by atomic mass is 10.2. The Balaban J connectivity index is 2.29. The fourth-order valence-electron chi connectivity index (χ4n) is 1.32. The van der Waals surface area contributed by atoms with Gasteiger partial charge in [-0.25, -0.2) is 4.98 Å².